The van der Waals surface area contributed by atoms with E-state index in [9.17, 15) is 5.11 Å². The number of aliphatic hydroxyl groups is 1. The smallest absolute Gasteiger partial charge is 0.0681 e. The Morgan fingerprint density at radius 3 is 2.00 bits per heavy atom. The molecule has 64 valence electrons. The maximum atomic E-state index is 9.99. The van der Waals surface area contributed by atoms with E-state index in [4.69, 9.17) is 0 Å². The minimum atomic E-state index is -0.291. The van der Waals surface area contributed by atoms with Crippen LogP contribution in [0, 0.1) is 11.3 Å². The predicted molar refractivity (Wildman–Crippen MR) is 45.3 cm³/mol. The van der Waals surface area contributed by atoms with E-state index in [1.807, 2.05) is 0 Å². The first-order valence-electron chi connectivity index (χ1n) is 4.79. The quantitative estimate of drug-likeness (QED) is 0.614. The Kier molecular flexibility index (Phi) is 1.39. The summed E-state index contributed by atoms with van der Waals surface area (Å²) in [5.41, 5.74) is 0.319. The maximum absolute atomic E-state index is 9.99. The lowest BCUT2D eigenvalue weighted by Gasteiger charge is -2.60. The molecule has 2 aliphatic carbocycles. The highest BCUT2D eigenvalue weighted by Gasteiger charge is 2.57. The van der Waals surface area contributed by atoms with Gasteiger partial charge in [-0.2, -0.15) is 0 Å². The molecule has 0 heterocycles. The summed E-state index contributed by atoms with van der Waals surface area (Å²) in [7, 11) is 0. The number of hydrogen-bond donors (Lipinski definition) is 1. The van der Waals surface area contributed by atoms with Crippen molar-refractivity contribution in [3.63, 3.8) is 0 Å². The molecule has 0 radical (unpaired) electrons. The lowest BCUT2D eigenvalue weighted by molar-refractivity contribution is -0.185. The zero-order chi connectivity index (χ0) is 8.11. The molecule has 2 fully saturated rings. The van der Waals surface area contributed by atoms with Crippen molar-refractivity contribution in [1.29, 1.82) is 0 Å². The van der Waals surface area contributed by atoms with Gasteiger partial charge in [0.25, 0.3) is 0 Å². The van der Waals surface area contributed by atoms with Crippen LogP contribution in [0.2, 0.25) is 0 Å². The maximum Gasteiger partial charge on any atom is 0.0681 e. The van der Waals surface area contributed by atoms with Crippen LogP contribution in [0.5, 0.6) is 0 Å². The van der Waals surface area contributed by atoms with Gasteiger partial charge < -0.3 is 5.11 Å². The molecule has 1 heteroatoms. The van der Waals surface area contributed by atoms with Gasteiger partial charge in [0.2, 0.25) is 0 Å². The Balaban J connectivity index is 1.95. The van der Waals surface area contributed by atoms with Crippen LogP contribution in [-0.4, -0.2) is 10.7 Å². The van der Waals surface area contributed by atoms with Crippen LogP contribution in [-0.2, 0) is 0 Å². The van der Waals surface area contributed by atoms with Crippen LogP contribution in [0.15, 0.2) is 0 Å². The van der Waals surface area contributed by atoms with Crippen molar-refractivity contribution in [2.24, 2.45) is 11.3 Å². The fraction of sp³-hybridized carbons (Fsp3) is 1.00. The highest BCUT2D eigenvalue weighted by Crippen LogP contribution is 2.62. The zero-order valence-corrected chi connectivity index (χ0v) is 7.56. The van der Waals surface area contributed by atoms with E-state index in [1.165, 1.54) is 19.3 Å². The molecule has 2 rings (SSSR count). The van der Waals surface area contributed by atoms with E-state index in [0.29, 0.717) is 11.3 Å². The molecule has 1 nitrogen and oxygen atoms in total. The number of rotatable bonds is 1. The van der Waals surface area contributed by atoms with Gasteiger partial charge in [-0.05, 0) is 37.0 Å². The SMILES string of the molecule is CC(C)C1(O)CC2(CCC2)C1. The lowest BCUT2D eigenvalue weighted by atomic mass is 9.48. The van der Waals surface area contributed by atoms with Crippen LogP contribution in [0.25, 0.3) is 0 Å². The van der Waals surface area contributed by atoms with E-state index < -0.39 is 0 Å². The average molecular weight is 154 g/mol. The molecule has 11 heavy (non-hydrogen) atoms. The molecule has 2 saturated carbocycles. The molecule has 0 aromatic rings. The first-order valence-corrected chi connectivity index (χ1v) is 4.79. The zero-order valence-electron chi connectivity index (χ0n) is 7.56. The van der Waals surface area contributed by atoms with Crippen LogP contribution in [0.4, 0.5) is 0 Å². The topological polar surface area (TPSA) is 20.2 Å². The third-order valence-corrected chi connectivity index (χ3v) is 3.85. The van der Waals surface area contributed by atoms with Crippen LogP contribution in [0.1, 0.15) is 46.0 Å². The average Bonchev–Trinajstić information content (AvgIpc) is 1.75. The highest BCUT2D eigenvalue weighted by atomic mass is 16.3. The van der Waals surface area contributed by atoms with Crippen molar-refractivity contribution in [2.45, 2.75) is 51.6 Å². The molecule has 1 N–H and O–H groups in total. The summed E-state index contributed by atoms with van der Waals surface area (Å²) in [6.45, 7) is 4.26. The van der Waals surface area contributed by atoms with E-state index in [-0.39, 0.29) is 5.60 Å². The van der Waals surface area contributed by atoms with Crippen molar-refractivity contribution >= 4 is 0 Å². The fourth-order valence-electron chi connectivity index (χ4n) is 2.69. The lowest BCUT2D eigenvalue weighted by Crippen LogP contribution is -2.57. The van der Waals surface area contributed by atoms with Gasteiger partial charge in [-0.25, -0.2) is 0 Å². The second-order valence-electron chi connectivity index (χ2n) is 4.97. The molecule has 1 spiro atoms. The van der Waals surface area contributed by atoms with Gasteiger partial charge in [-0.3, -0.25) is 0 Å². The van der Waals surface area contributed by atoms with E-state index in [1.54, 1.807) is 0 Å². The standard InChI is InChI=1S/C10H18O/c1-8(2)10(11)6-9(7-10)4-3-5-9/h8,11H,3-7H2,1-2H3. The molecular weight excluding hydrogens is 136 g/mol. The van der Waals surface area contributed by atoms with Gasteiger partial charge in [0.05, 0.1) is 5.60 Å². The molecule has 0 bridgehead atoms. The summed E-state index contributed by atoms with van der Waals surface area (Å²) < 4.78 is 0. The highest BCUT2D eigenvalue weighted by molar-refractivity contribution is 5.08. The van der Waals surface area contributed by atoms with Crippen molar-refractivity contribution in [3.05, 3.63) is 0 Å². The van der Waals surface area contributed by atoms with Gasteiger partial charge in [0.15, 0.2) is 0 Å². The first kappa shape index (κ1) is 7.60. The second kappa shape index (κ2) is 2.01. The fourth-order valence-corrected chi connectivity index (χ4v) is 2.69. The predicted octanol–water partition coefficient (Wildman–Crippen LogP) is 2.34. The van der Waals surface area contributed by atoms with Gasteiger partial charge >= 0.3 is 0 Å². The minimum absolute atomic E-state index is 0.291. The molecule has 0 aromatic carbocycles. The minimum Gasteiger partial charge on any atom is -0.390 e. The molecule has 0 saturated heterocycles. The van der Waals surface area contributed by atoms with E-state index in [2.05, 4.69) is 13.8 Å². The number of hydrogen-bond acceptors (Lipinski definition) is 1. The Morgan fingerprint density at radius 1 is 1.18 bits per heavy atom. The van der Waals surface area contributed by atoms with Crippen molar-refractivity contribution in [3.8, 4) is 0 Å². The molecule has 0 atom stereocenters. The largest absolute Gasteiger partial charge is 0.390 e. The third kappa shape index (κ3) is 0.936. The van der Waals surface area contributed by atoms with Crippen LogP contribution >= 0.6 is 0 Å². The normalized spacial score (nSPS) is 31.6. The van der Waals surface area contributed by atoms with E-state index >= 15 is 0 Å². The molecule has 2 aliphatic rings. The third-order valence-electron chi connectivity index (χ3n) is 3.85. The summed E-state index contributed by atoms with van der Waals surface area (Å²) >= 11 is 0. The van der Waals surface area contributed by atoms with Crippen molar-refractivity contribution in [2.75, 3.05) is 0 Å². The molecular formula is C10H18O. The molecule has 0 aliphatic heterocycles. The van der Waals surface area contributed by atoms with Crippen molar-refractivity contribution < 1.29 is 5.11 Å². The van der Waals surface area contributed by atoms with Gasteiger partial charge in [0.1, 0.15) is 0 Å². The summed E-state index contributed by atoms with van der Waals surface area (Å²) in [4.78, 5) is 0. The Morgan fingerprint density at radius 2 is 1.73 bits per heavy atom. The summed E-state index contributed by atoms with van der Waals surface area (Å²) in [6, 6.07) is 0. The summed E-state index contributed by atoms with van der Waals surface area (Å²) in [5.74, 6) is 0.453. The summed E-state index contributed by atoms with van der Waals surface area (Å²) in [6.07, 6.45) is 6.31. The van der Waals surface area contributed by atoms with E-state index in [0.717, 1.165) is 12.8 Å². The van der Waals surface area contributed by atoms with Gasteiger partial charge in [0, 0.05) is 0 Å². The Hall–Kier alpha value is -0.0400. The molecule has 0 aromatic heterocycles. The molecule has 0 unspecified atom stereocenters. The monoisotopic (exact) mass is 154 g/mol. The Labute approximate surface area is 68.8 Å². The van der Waals surface area contributed by atoms with Crippen molar-refractivity contribution in [1.82, 2.24) is 0 Å². The van der Waals surface area contributed by atoms with Crippen LogP contribution in [0.3, 0.4) is 0 Å². The second-order valence-corrected chi connectivity index (χ2v) is 4.97. The Bertz CT molecular complexity index is 160. The van der Waals surface area contributed by atoms with Crippen LogP contribution < -0.4 is 0 Å². The first-order chi connectivity index (χ1) is 5.06. The van der Waals surface area contributed by atoms with Gasteiger partial charge in [-0.1, -0.05) is 20.3 Å². The van der Waals surface area contributed by atoms with Gasteiger partial charge in [-0.15, -0.1) is 0 Å². The summed E-state index contributed by atoms with van der Waals surface area (Å²) in [5, 5.41) is 9.99. The molecule has 0 amide bonds.